The second kappa shape index (κ2) is 9.27. The molecule has 1 fully saturated rings. The van der Waals surface area contributed by atoms with Crippen molar-refractivity contribution >= 4 is 22.6 Å². The minimum absolute atomic E-state index is 0.0520. The molecule has 0 unspecified atom stereocenters. The number of nitrogens with zero attached hydrogens (tertiary/aromatic N) is 6. The number of imidazole rings is 1. The number of pyridine rings is 1. The zero-order chi connectivity index (χ0) is 26.7. The summed E-state index contributed by atoms with van der Waals surface area (Å²) < 4.78 is 19.4. The van der Waals surface area contributed by atoms with Gasteiger partial charge in [-0.1, -0.05) is 6.07 Å². The summed E-state index contributed by atoms with van der Waals surface area (Å²) in [4.78, 5) is 27.4. The number of urea groups is 1. The molecule has 0 spiro atoms. The van der Waals surface area contributed by atoms with Crippen molar-refractivity contribution in [2.24, 2.45) is 0 Å². The van der Waals surface area contributed by atoms with Gasteiger partial charge in [0.2, 0.25) is 0 Å². The Morgan fingerprint density at radius 2 is 1.85 bits per heavy atom. The zero-order valence-corrected chi connectivity index (χ0v) is 22.3. The van der Waals surface area contributed by atoms with Crippen LogP contribution in [0.4, 0.5) is 9.18 Å². The summed E-state index contributed by atoms with van der Waals surface area (Å²) in [6.07, 6.45) is 11.9. The molecule has 2 aliphatic rings. The quantitative estimate of drug-likeness (QED) is 0.359. The van der Waals surface area contributed by atoms with Gasteiger partial charge >= 0.3 is 6.03 Å². The lowest BCUT2D eigenvalue weighted by atomic mass is 10.0. The second-order valence-corrected chi connectivity index (χ2v) is 10.9. The lowest BCUT2D eigenvalue weighted by Gasteiger charge is -2.37. The van der Waals surface area contributed by atoms with Gasteiger partial charge in [-0.2, -0.15) is 0 Å². The van der Waals surface area contributed by atoms with Gasteiger partial charge < -0.3 is 24.3 Å². The maximum Gasteiger partial charge on any atom is 0.320 e. The molecule has 0 saturated carbocycles. The number of hydrogen-bond acceptors (Lipinski definition) is 3. The number of likely N-dealkylation sites (tertiary alicyclic amines) is 1. The Morgan fingerprint density at radius 3 is 2.67 bits per heavy atom. The fourth-order valence-corrected chi connectivity index (χ4v) is 6.38. The number of piperidine rings is 1. The minimum Gasteiger partial charge on any atom is -0.366 e. The summed E-state index contributed by atoms with van der Waals surface area (Å²) in [5.74, 6) is -0.288. The molecule has 4 aromatic heterocycles. The molecule has 1 N–H and O–H groups in total. The van der Waals surface area contributed by atoms with E-state index in [0.717, 1.165) is 70.4 Å². The molecule has 8 nitrogen and oxygen atoms in total. The number of hydrogen-bond donors (Lipinski definition) is 1. The summed E-state index contributed by atoms with van der Waals surface area (Å²) in [7, 11) is 4.20. The number of fused-ring (bicyclic) bond motifs is 1. The average molecular weight is 526 g/mol. The highest BCUT2D eigenvalue weighted by Gasteiger charge is 2.30. The standard InChI is InChI=1S/C30H32FN7O/c1-34(2)22-6-9-35(10-7-22)30(39)37-12-11-36-19-26(23-14-21(31)13-20(18-37)29(23)36)24-15-32-16-25(24)27-17-33-28-5-3-4-8-38(27)28/h3-5,8,13-17,19,22,32H,6-7,9-12,18H2,1-2H3. The smallest absolute Gasteiger partial charge is 0.320 e. The Labute approximate surface area is 226 Å². The molecule has 5 aromatic rings. The van der Waals surface area contributed by atoms with Crippen LogP contribution in [0.25, 0.3) is 38.9 Å². The van der Waals surface area contributed by atoms with Crippen LogP contribution >= 0.6 is 0 Å². The van der Waals surface area contributed by atoms with E-state index < -0.39 is 0 Å². The van der Waals surface area contributed by atoms with Crippen molar-refractivity contribution in [1.82, 2.24) is 33.6 Å². The van der Waals surface area contributed by atoms with Crippen LogP contribution in [0.3, 0.4) is 0 Å². The van der Waals surface area contributed by atoms with Crippen LogP contribution in [0, 0.1) is 5.82 Å². The third-order valence-corrected chi connectivity index (χ3v) is 8.45. The van der Waals surface area contributed by atoms with Gasteiger partial charge in [0.25, 0.3) is 0 Å². The van der Waals surface area contributed by atoms with Gasteiger partial charge in [0.1, 0.15) is 11.5 Å². The van der Waals surface area contributed by atoms with Gasteiger partial charge in [-0.3, -0.25) is 4.40 Å². The predicted octanol–water partition coefficient (Wildman–Crippen LogP) is 5.05. The molecule has 2 amide bonds. The fraction of sp³-hybridized carbons (Fsp3) is 0.333. The van der Waals surface area contributed by atoms with Crippen LogP contribution in [0.15, 0.2) is 61.3 Å². The first-order valence-electron chi connectivity index (χ1n) is 13.6. The Bertz CT molecular complexity index is 1690. The van der Waals surface area contributed by atoms with E-state index in [0.29, 0.717) is 25.7 Å². The van der Waals surface area contributed by atoms with E-state index in [1.54, 1.807) is 12.1 Å². The molecule has 0 bridgehead atoms. The highest BCUT2D eigenvalue weighted by atomic mass is 19.1. The number of rotatable bonds is 3. The highest BCUT2D eigenvalue weighted by molar-refractivity contribution is 6.01. The normalized spacial score (nSPS) is 16.5. The van der Waals surface area contributed by atoms with Crippen LogP contribution in [0.1, 0.15) is 18.4 Å². The van der Waals surface area contributed by atoms with Gasteiger partial charge in [-0.25, -0.2) is 14.2 Å². The number of benzene rings is 1. The Hall–Kier alpha value is -4.11. The molecule has 9 heteroatoms. The Morgan fingerprint density at radius 1 is 1.03 bits per heavy atom. The number of H-pyrrole nitrogens is 1. The molecule has 1 saturated heterocycles. The van der Waals surface area contributed by atoms with E-state index >= 15 is 4.39 Å². The summed E-state index contributed by atoms with van der Waals surface area (Å²) >= 11 is 0. The molecule has 7 rings (SSSR count). The van der Waals surface area contributed by atoms with Crippen LogP contribution < -0.4 is 0 Å². The first kappa shape index (κ1) is 24.0. The summed E-state index contributed by atoms with van der Waals surface area (Å²) in [5.41, 5.74) is 6.67. The van der Waals surface area contributed by atoms with Crippen molar-refractivity contribution in [3.63, 3.8) is 0 Å². The van der Waals surface area contributed by atoms with Gasteiger partial charge in [-0.05, 0) is 56.8 Å². The SMILES string of the molecule is CN(C)C1CCN(C(=O)N2CCn3cc(-c4c[nH]cc4-c4cnc5ccccn45)c4cc(F)cc(c43)C2)CC1. The highest BCUT2D eigenvalue weighted by Crippen LogP contribution is 2.40. The van der Waals surface area contributed by atoms with Crippen molar-refractivity contribution in [2.75, 3.05) is 33.7 Å². The predicted molar refractivity (Wildman–Crippen MR) is 150 cm³/mol. The molecule has 2 aliphatic heterocycles. The van der Waals surface area contributed by atoms with Crippen molar-refractivity contribution in [3.05, 3.63) is 72.7 Å². The number of carbonyl (C=O) groups is 1. The van der Waals surface area contributed by atoms with Crippen molar-refractivity contribution in [1.29, 1.82) is 0 Å². The summed E-state index contributed by atoms with van der Waals surface area (Å²) in [5, 5.41) is 0.862. The molecule has 39 heavy (non-hydrogen) atoms. The zero-order valence-electron chi connectivity index (χ0n) is 22.3. The van der Waals surface area contributed by atoms with Crippen molar-refractivity contribution in [2.45, 2.75) is 32.0 Å². The maximum atomic E-state index is 15.1. The number of nitrogens with one attached hydrogen (secondary N) is 1. The van der Waals surface area contributed by atoms with E-state index in [4.69, 9.17) is 0 Å². The fourth-order valence-electron chi connectivity index (χ4n) is 6.38. The summed E-state index contributed by atoms with van der Waals surface area (Å²) in [6, 6.07) is 9.72. The minimum atomic E-state index is -0.288. The number of halogens is 1. The van der Waals surface area contributed by atoms with E-state index in [2.05, 4.69) is 44.1 Å². The third-order valence-electron chi connectivity index (χ3n) is 8.45. The Balaban J connectivity index is 1.24. The molecule has 1 aromatic carbocycles. The van der Waals surface area contributed by atoms with Gasteiger partial charge in [0, 0.05) is 85.6 Å². The largest absolute Gasteiger partial charge is 0.366 e. The van der Waals surface area contributed by atoms with Crippen LogP contribution in [-0.2, 0) is 13.1 Å². The number of aromatic amines is 1. The molecule has 0 aliphatic carbocycles. The third kappa shape index (κ3) is 3.99. The number of carbonyl (C=O) groups excluding carboxylic acids is 1. The average Bonchev–Trinajstić information content (AvgIpc) is 3.64. The molecule has 0 radical (unpaired) electrons. The van der Waals surface area contributed by atoms with Crippen molar-refractivity contribution in [3.8, 4) is 22.4 Å². The molecular weight excluding hydrogens is 493 g/mol. The molecular formula is C30H32FN7O. The van der Waals surface area contributed by atoms with Crippen LogP contribution in [0.2, 0.25) is 0 Å². The first-order chi connectivity index (χ1) is 19.0. The van der Waals surface area contributed by atoms with E-state index in [-0.39, 0.29) is 11.8 Å². The van der Waals surface area contributed by atoms with Gasteiger partial charge in [0.15, 0.2) is 0 Å². The van der Waals surface area contributed by atoms with Gasteiger partial charge in [-0.15, -0.1) is 0 Å². The van der Waals surface area contributed by atoms with Gasteiger partial charge in [0.05, 0.1) is 17.4 Å². The number of amides is 2. The van der Waals surface area contributed by atoms with E-state index in [9.17, 15) is 4.79 Å². The number of aromatic nitrogens is 4. The van der Waals surface area contributed by atoms with Crippen LogP contribution in [-0.4, -0.2) is 79.4 Å². The topological polar surface area (TPSA) is 64.8 Å². The summed E-state index contributed by atoms with van der Waals surface area (Å²) in [6.45, 7) is 3.15. The lowest BCUT2D eigenvalue weighted by Crippen LogP contribution is -2.49. The van der Waals surface area contributed by atoms with Crippen molar-refractivity contribution < 1.29 is 9.18 Å². The second-order valence-electron chi connectivity index (χ2n) is 10.9. The van der Waals surface area contributed by atoms with E-state index in [1.807, 2.05) is 52.8 Å². The molecule has 0 atom stereocenters. The van der Waals surface area contributed by atoms with E-state index in [1.165, 1.54) is 0 Å². The molecule has 6 heterocycles. The monoisotopic (exact) mass is 525 g/mol. The maximum absolute atomic E-state index is 15.1. The molecule has 200 valence electrons. The first-order valence-corrected chi connectivity index (χ1v) is 13.6. The lowest BCUT2D eigenvalue weighted by molar-refractivity contribution is 0.117. The Kier molecular flexibility index (Phi) is 5.70. The van der Waals surface area contributed by atoms with Crippen LogP contribution in [0.5, 0.6) is 0 Å².